The summed E-state index contributed by atoms with van der Waals surface area (Å²) in [5.74, 6) is -0.209. The van der Waals surface area contributed by atoms with Crippen LogP contribution in [0.2, 0.25) is 0 Å². The van der Waals surface area contributed by atoms with Crippen LogP contribution in [0.5, 0.6) is 0 Å². The highest BCUT2D eigenvalue weighted by molar-refractivity contribution is 5.95. The van der Waals surface area contributed by atoms with Gasteiger partial charge in [-0.3, -0.25) is 9.59 Å². The van der Waals surface area contributed by atoms with Crippen molar-refractivity contribution in [3.05, 3.63) is 69.1 Å². The minimum atomic E-state index is -0.376. The smallest absolute Gasteiger partial charge is 0.261 e. The molecule has 26 heavy (non-hydrogen) atoms. The van der Waals surface area contributed by atoms with Crippen LogP contribution in [-0.2, 0) is 6.54 Å². The molecule has 1 amide bonds. The second kappa shape index (κ2) is 7.87. The first-order valence-corrected chi connectivity index (χ1v) is 9.17. The maximum Gasteiger partial charge on any atom is 0.261 e. The fraction of sp³-hybridized carbons (Fsp3) is 0.429. The molecule has 0 radical (unpaired) electrons. The lowest BCUT2D eigenvalue weighted by Gasteiger charge is -2.28. The molecule has 1 fully saturated rings. The van der Waals surface area contributed by atoms with Gasteiger partial charge in [-0.15, -0.1) is 0 Å². The molecule has 0 bridgehead atoms. The van der Waals surface area contributed by atoms with Crippen LogP contribution in [0.25, 0.3) is 0 Å². The normalized spacial score (nSPS) is 19.5. The van der Waals surface area contributed by atoms with Gasteiger partial charge in [-0.1, -0.05) is 36.8 Å². The van der Waals surface area contributed by atoms with E-state index >= 15 is 0 Å². The van der Waals surface area contributed by atoms with Gasteiger partial charge in [0.15, 0.2) is 0 Å². The van der Waals surface area contributed by atoms with Crippen LogP contribution in [0.15, 0.2) is 41.2 Å². The van der Waals surface area contributed by atoms with Crippen LogP contribution in [-0.4, -0.2) is 33.5 Å². The Labute approximate surface area is 153 Å². The van der Waals surface area contributed by atoms with Gasteiger partial charge in [0.05, 0.1) is 6.10 Å². The zero-order valence-corrected chi connectivity index (χ0v) is 15.4. The zero-order chi connectivity index (χ0) is 18.7. The van der Waals surface area contributed by atoms with E-state index in [1.807, 2.05) is 36.4 Å². The number of amides is 1. The molecule has 5 heteroatoms. The molecule has 2 atom stereocenters. The Morgan fingerprint density at radius 1 is 1.23 bits per heavy atom. The molecular formula is C21H26N2O3. The molecule has 0 unspecified atom stereocenters. The first-order valence-electron chi connectivity index (χ1n) is 9.17. The molecule has 2 aromatic rings. The lowest BCUT2D eigenvalue weighted by Crippen LogP contribution is -2.40. The number of hydrogen-bond donors (Lipinski definition) is 2. The second-order valence-corrected chi connectivity index (χ2v) is 7.27. The van der Waals surface area contributed by atoms with Gasteiger partial charge < -0.3 is 15.0 Å². The maximum atomic E-state index is 13.2. The number of aromatic nitrogens is 1. The number of pyridine rings is 1. The van der Waals surface area contributed by atoms with E-state index in [9.17, 15) is 14.7 Å². The van der Waals surface area contributed by atoms with Gasteiger partial charge in [-0.25, -0.2) is 0 Å². The molecule has 0 aliphatic heterocycles. The summed E-state index contributed by atoms with van der Waals surface area (Å²) in [7, 11) is 0. The van der Waals surface area contributed by atoms with Crippen molar-refractivity contribution in [2.45, 2.75) is 45.8 Å². The Morgan fingerprint density at radius 3 is 2.58 bits per heavy atom. The number of carbonyl (C=O) groups is 1. The summed E-state index contributed by atoms with van der Waals surface area (Å²) in [6.07, 6.45) is 2.28. The van der Waals surface area contributed by atoms with E-state index in [4.69, 9.17) is 0 Å². The van der Waals surface area contributed by atoms with E-state index in [0.29, 0.717) is 18.7 Å². The van der Waals surface area contributed by atoms with Crippen molar-refractivity contribution < 1.29 is 9.90 Å². The number of H-pyrrole nitrogens is 1. The third-order valence-electron chi connectivity index (χ3n) is 5.16. The standard InChI is InChI=1S/C21H26N2O3/c1-14-11-15(2)22-20(25)19(14)21(26)23(12-16-7-4-3-5-8-16)13-17-9-6-10-18(17)24/h3-5,7-8,11,17-18,24H,6,9-10,12-13H2,1-2H3,(H,22,25)/t17-,18-/m0/s1. The first kappa shape index (κ1) is 18.4. The average Bonchev–Trinajstić information content (AvgIpc) is 2.99. The number of nitrogens with zero attached hydrogens (tertiary/aromatic N) is 1. The second-order valence-electron chi connectivity index (χ2n) is 7.27. The van der Waals surface area contributed by atoms with Gasteiger partial charge in [0.2, 0.25) is 0 Å². The molecule has 0 saturated heterocycles. The number of nitrogens with one attached hydrogen (secondary N) is 1. The highest BCUT2D eigenvalue weighted by Gasteiger charge is 2.30. The largest absolute Gasteiger partial charge is 0.393 e. The van der Waals surface area contributed by atoms with Crippen LogP contribution in [0.3, 0.4) is 0 Å². The molecule has 1 aromatic carbocycles. The lowest BCUT2D eigenvalue weighted by atomic mass is 10.0. The number of hydrogen-bond acceptors (Lipinski definition) is 3. The van der Waals surface area contributed by atoms with E-state index in [1.165, 1.54) is 0 Å². The van der Waals surface area contributed by atoms with Gasteiger partial charge in [-0.2, -0.15) is 0 Å². The molecular weight excluding hydrogens is 328 g/mol. The van der Waals surface area contributed by atoms with Crippen molar-refractivity contribution in [1.29, 1.82) is 0 Å². The van der Waals surface area contributed by atoms with E-state index in [-0.39, 0.29) is 29.1 Å². The van der Waals surface area contributed by atoms with Crippen molar-refractivity contribution in [2.75, 3.05) is 6.54 Å². The summed E-state index contributed by atoms with van der Waals surface area (Å²) < 4.78 is 0. The SMILES string of the molecule is Cc1cc(C)c(C(=O)N(Cc2ccccc2)C[C@@H]2CCC[C@@H]2O)c(=O)[nH]1. The topological polar surface area (TPSA) is 73.4 Å². The fourth-order valence-corrected chi connectivity index (χ4v) is 3.81. The molecule has 138 valence electrons. The third-order valence-corrected chi connectivity index (χ3v) is 5.16. The Balaban J connectivity index is 1.91. The summed E-state index contributed by atoms with van der Waals surface area (Å²) in [6.45, 7) is 4.48. The predicted molar refractivity (Wildman–Crippen MR) is 101 cm³/mol. The number of rotatable bonds is 5. The number of aromatic amines is 1. The molecule has 1 aromatic heterocycles. The highest BCUT2D eigenvalue weighted by Crippen LogP contribution is 2.27. The number of aliphatic hydroxyl groups is 1. The number of aliphatic hydroxyl groups excluding tert-OH is 1. The predicted octanol–water partition coefficient (Wildman–Crippen LogP) is 2.80. The quantitative estimate of drug-likeness (QED) is 0.867. The van der Waals surface area contributed by atoms with Crippen LogP contribution in [0, 0.1) is 19.8 Å². The molecule has 2 N–H and O–H groups in total. The highest BCUT2D eigenvalue weighted by atomic mass is 16.3. The number of aryl methyl sites for hydroxylation is 2. The number of benzene rings is 1. The lowest BCUT2D eigenvalue weighted by molar-refractivity contribution is 0.0620. The Bertz CT molecular complexity index is 829. The Morgan fingerprint density at radius 2 is 1.96 bits per heavy atom. The molecule has 1 saturated carbocycles. The van der Waals surface area contributed by atoms with Crippen LogP contribution >= 0.6 is 0 Å². The van der Waals surface area contributed by atoms with E-state index in [2.05, 4.69) is 4.98 Å². The summed E-state index contributed by atoms with van der Waals surface area (Å²) in [5, 5.41) is 10.2. The minimum absolute atomic E-state index is 0.0625. The maximum absolute atomic E-state index is 13.2. The van der Waals surface area contributed by atoms with Crippen molar-refractivity contribution in [1.82, 2.24) is 9.88 Å². The minimum Gasteiger partial charge on any atom is -0.393 e. The van der Waals surface area contributed by atoms with Gasteiger partial charge in [0.25, 0.3) is 11.5 Å². The van der Waals surface area contributed by atoms with E-state index in [1.54, 1.807) is 18.7 Å². The third kappa shape index (κ3) is 4.05. The fourth-order valence-electron chi connectivity index (χ4n) is 3.81. The summed E-state index contributed by atoms with van der Waals surface area (Å²) >= 11 is 0. The van der Waals surface area contributed by atoms with Crippen LogP contribution < -0.4 is 5.56 Å². The van der Waals surface area contributed by atoms with Crippen molar-refractivity contribution >= 4 is 5.91 Å². The molecule has 1 heterocycles. The summed E-state index contributed by atoms with van der Waals surface area (Å²) in [5.41, 5.74) is 2.28. The van der Waals surface area contributed by atoms with E-state index < -0.39 is 0 Å². The van der Waals surface area contributed by atoms with Crippen molar-refractivity contribution in [3.8, 4) is 0 Å². The van der Waals surface area contributed by atoms with Crippen molar-refractivity contribution in [2.24, 2.45) is 5.92 Å². The molecule has 1 aliphatic rings. The molecule has 3 rings (SSSR count). The first-order chi connectivity index (χ1) is 12.5. The molecule has 1 aliphatic carbocycles. The van der Waals surface area contributed by atoms with Gasteiger partial charge in [0.1, 0.15) is 5.56 Å². The summed E-state index contributed by atoms with van der Waals surface area (Å²) in [6, 6.07) is 11.6. The Hall–Kier alpha value is -2.40. The Kier molecular flexibility index (Phi) is 5.57. The van der Waals surface area contributed by atoms with Gasteiger partial charge in [-0.05, 0) is 43.9 Å². The monoisotopic (exact) mass is 354 g/mol. The van der Waals surface area contributed by atoms with Crippen molar-refractivity contribution in [3.63, 3.8) is 0 Å². The van der Waals surface area contributed by atoms with Crippen LogP contribution in [0.1, 0.15) is 46.4 Å². The van der Waals surface area contributed by atoms with Gasteiger partial charge >= 0.3 is 0 Å². The average molecular weight is 354 g/mol. The number of carbonyl (C=O) groups excluding carboxylic acids is 1. The molecule has 0 spiro atoms. The molecule has 5 nitrogen and oxygen atoms in total. The van der Waals surface area contributed by atoms with Crippen LogP contribution in [0.4, 0.5) is 0 Å². The van der Waals surface area contributed by atoms with Gasteiger partial charge in [0, 0.05) is 24.7 Å². The van der Waals surface area contributed by atoms with E-state index in [0.717, 1.165) is 30.5 Å². The summed E-state index contributed by atoms with van der Waals surface area (Å²) in [4.78, 5) is 30.1. The zero-order valence-electron chi connectivity index (χ0n) is 15.4.